The number of nitrogens with zero attached hydrogens (tertiary/aromatic N) is 2. The van der Waals surface area contributed by atoms with Gasteiger partial charge in [-0.3, -0.25) is 4.68 Å². The van der Waals surface area contributed by atoms with E-state index in [0.29, 0.717) is 12.6 Å². The van der Waals surface area contributed by atoms with Gasteiger partial charge in [0.05, 0.1) is 18.3 Å². The number of aryl methyl sites for hydroxylation is 1. The van der Waals surface area contributed by atoms with Gasteiger partial charge in [-0.15, -0.1) is 12.4 Å². The zero-order chi connectivity index (χ0) is 11.4. The predicted octanol–water partition coefficient (Wildman–Crippen LogP) is 1.81. The summed E-state index contributed by atoms with van der Waals surface area (Å²) < 4.78 is 2.14. The average Bonchev–Trinajstić information content (AvgIpc) is 2.88. The Morgan fingerprint density at radius 1 is 1.47 bits per heavy atom. The topological polar surface area (TPSA) is 50.1 Å². The molecule has 1 aromatic heterocycles. The maximum Gasteiger partial charge on any atom is 0.0638 e. The van der Waals surface area contributed by atoms with Crippen molar-refractivity contribution < 1.29 is 5.11 Å². The van der Waals surface area contributed by atoms with E-state index in [0.717, 1.165) is 12.2 Å². The third-order valence-electron chi connectivity index (χ3n) is 3.32. The SMILES string of the molecule is Cc1nn(C2CCCC2)cc1CNCCO.Cl. The Morgan fingerprint density at radius 3 is 2.82 bits per heavy atom. The molecule has 1 aromatic rings. The van der Waals surface area contributed by atoms with Gasteiger partial charge in [-0.05, 0) is 19.8 Å². The molecule has 0 unspecified atom stereocenters. The lowest BCUT2D eigenvalue weighted by atomic mass is 10.2. The standard InChI is InChI=1S/C12H21N3O.ClH/c1-10-11(8-13-6-7-16)9-15(14-10)12-4-2-3-5-12;/h9,12-13,16H,2-8H2,1H3;1H. The van der Waals surface area contributed by atoms with Crippen molar-refractivity contribution in [1.29, 1.82) is 0 Å². The fraction of sp³-hybridized carbons (Fsp3) is 0.750. The first-order valence-corrected chi connectivity index (χ1v) is 6.17. The van der Waals surface area contributed by atoms with E-state index < -0.39 is 0 Å². The molecule has 2 rings (SSSR count). The molecule has 1 saturated carbocycles. The van der Waals surface area contributed by atoms with Gasteiger partial charge in [-0.1, -0.05) is 12.8 Å². The molecule has 2 N–H and O–H groups in total. The number of hydrogen-bond donors (Lipinski definition) is 2. The molecule has 98 valence electrons. The number of aromatic nitrogens is 2. The van der Waals surface area contributed by atoms with Gasteiger partial charge in [0, 0.05) is 24.8 Å². The minimum absolute atomic E-state index is 0. The Kier molecular flexibility index (Phi) is 5.95. The van der Waals surface area contributed by atoms with Crippen LogP contribution in [0.3, 0.4) is 0 Å². The van der Waals surface area contributed by atoms with E-state index in [2.05, 4.69) is 28.2 Å². The summed E-state index contributed by atoms with van der Waals surface area (Å²) in [5.74, 6) is 0. The second-order valence-electron chi connectivity index (χ2n) is 4.56. The molecule has 1 fully saturated rings. The van der Waals surface area contributed by atoms with Gasteiger partial charge < -0.3 is 10.4 Å². The fourth-order valence-electron chi connectivity index (χ4n) is 2.35. The number of hydrogen-bond acceptors (Lipinski definition) is 3. The molecule has 1 aliphatic rings. The first-order valence-electron chi connectivity index (χ1n) is 6.17. The predicted molar refractivity (Wildman–Crippen MR) is 70.5 cm³/mol. The van der Waals surface area contributed by atoms with Gasteiger partial charge in [-0.25, -0.2) is 0 Å². The van der Waals surface area contributed by atoms with Gasteiger partial charge in [0.25, 0.3) is 0 Å². The zero-order valence-electron chi connectivity index (χ0n) is 10.4. The van der Waals surface area contributed by atoms with E-state index in [1.807, 2.05) is 0 Å². The fourth-order valence-corrected chi connectivity index (χ4v) is 2.35. The van der Waals surface area contributed by atoms with Crippen molar-refractivity contribution in [3.8, 4) is 0 Å². The molecule has 4 nitrogen and oxygen atoms in total. The van der Waals surface area contributed by atoms with Crippen LogP contribution in [0.2, 0.25) is 0 Å². The lowest BCUT2D eigenvalue weighted by molar-refractivity contribution is 0.292. The van der Waals surface area contributed by atoms with Crippen LogP contribution in [0, 0.1) is 6.92 Å². The van der Waals surface area contributed by atoms with Crippen molar-refractivity contribution in [1.82, 2.24) is 15.1 Å². The normalized spacial score (nSPS) is 16.1. The van der Waals surface area contributed by atoms with Gasteiger partial charge in [0.1, 0.15) is 0 Å². The van der Waals surface area contributed by atoms with E-state index in [9.17, 15) is 0 Å². The molecule has 0 bridgehead atoms. The number of nitrogens with one attached hydrogen (secondary N) is 1. The first kappa shape index (κ1) is 14.5. The average molecular weight is 260 g/mol. The summed E-state index contributed by atoms with van der Waals surface area (Å²) in [4.78, 5) is 0. The van der Waals surface area contributed by atoms with E-state index in [1.165, 1.54) is 31.2 Å². The van der Waals surface area contributed by atoms with Gasteiger partial charge >= 0.3 is 0 Å². The van der Waals surface area contributed by atoms with Crippen LogP contribution in [-0.4, -0.2) is 28.0 Å². The second-order valence-corrected chi connectivity index (χ2v) is 4.56. The van der Waals surface area contributed by atoms with Crippen molar-refractivity contribution in [2.24, 2.45) is 0 Å². The van der Waals surface area contributed by atoms with Crippen LogP contribution in [0.15, 0.2) is 6.20 Å². The van der Waals surface area contributed by atoms with Crippen LogP contribution in [-0.2, 0) is 6.54 Å². The van der Waals surface area contributed by atoms with Crippen LogP contribution in [0.25, 0.3) is 0 Å². The molecule has 1 heterocycles. The van der Waals surface area contributed by atoms with E-state index in [-0.39, 0.29) is 19.0 Å². The number of rotatable bonds is 5. The Labute approximate surface area is 109 Å². The minimum Gasteiger partial charge on any atom is -0.395 e. The molecule has 0 amide bonds. The quantitative estimate of drug-likeness (QED) is 0.793. The first-order chi connectivity index (χ1) is 7.81. The zero-order valence-corrected chi connectivity index (χ0v) is 11.2. The summed E-state index contributed by atoms with van der Waals surface area (Å²) in [5, 5.41) is 16.5. The number of aliphatic hydroxyl groups excluding tert-OH is 1. The van der Waals surface area contributed by atoms with E-state index in [4.69, 9.17) is 5.11 Å². The molecule has 0 aromatic carbocycles. The van der Waals surface area contributed by atoms with Crippen molar-refractivity contribution in [2.75, 3.05) is 13.2 Å². The summed E-state index contributed by atoms with van der Waals surface area (Å²) in [6, 6.07) is 0.616. The second kappa shape index (κ2) is 6.99. The minimum atomic E-state index is 0. The number of halogens is 1. The molecule has 17 heavy (non-hydrogen) atoms. The highest BCUT2D eigenvalue weighted by atomic mass is 35.5. The van der Waals surface area contributed by atoms with Crippen molar-refractivity contribution in [2.45, 2.75) is 45.2 Å². The molecule has 0 atom stereocenters. The lowest BCUT2D eigenvalue weighted by Gasteiger charge is -2.08. The maximum absolute atomic E-state index is 8.71. The van der Waals surface area contributed by atoms with Crippen LogP contribution in [0.5, 0.6) is 0 Å². The summed E-state index contributed by atoms with van der Waals surface area (Å²) in [6.07, 6.45) is 7.37. The van der Waals surface area contributed by atoms with Crippen molar-refractivity contribution in [3.05, 3.63) is 17.5 Å². The van der Waals surface area contributed by atoms with Crippen LogP contribution < -0.4 is 5.32 Å². The van der Waals surface area contributed by atoms with Crippen LogP contribution >= 0.6 is 12.4 Å². The lowest BCUT2D eigenvalue weighted by Crippen LogP contribution is -2.17. The molecule has 0 radical (unpaired) electrons. The molecule has 5 heteroatoms. The van der Waals surface area contributed by atoms with E-state index in [1.54, 1.807) is 0 Å². The third kappa shape index (κ3) is 3.69. The Balaban J connectivity index is 0.00000144. The highest BCUT2D eigenvalue weighted by Crippen LogP contribution is 2.29. The molecule has 1 aliphatic carbocycles. The summed E-state index contributed by atoms with van der Waals surface area (Å²) >= 11 is 0. The van der Waals surface area contributed by atoms with Gasteiger partial charge in [0.15, 0.2) is 0 Å². The summed E-state index contributed by atoms with van der Waals surface area (Å²) in [6.45, 7) is 3.70. The molecule has 0 saturated heterocycles. The summed E-state index contributed by atoms with van der Waals surface area (Å²) in [5.41, 5.74) is 2.36. The van der Waals surface area contributed by atoms with Crippen molar-refractivity contribution >= 4 is 12.4 Å². The largest absolute Gasteiger partial charge is 0.395 e. The third-order valence-corrected chi connectivity index (χ3v) is 3.32. The highest BCUT2D eigenvalue weighted by molar-refractivity contribution is 5.85. The van der Waals surface area contributed by atoms with E-state index >= 15 is 0 Å². The Bertz CT molecular complexity index is 334. The monoisotopic (exact) mass is 259 g/mol. The maximum atomic E-state index is 8.71. The highest BCUT2D eigenvalue weighted by Gasteiger charge is 2.18. The smallest absolute Gasteiger partial charge is 0.0638 e. The van der Waals surface area contributed by atoms with Crippen LogP contribution in [0.4, 0.5) is 0 Å². The molecule has 0 aliphatic heterocycles. The van der Waals surface area contributed by atoms with Gasteiger partial charge in [0.2, 0.25) is 0 Å². The summed E-state index contributed by atoms with van der Waals surface area (Å²) in [7, 11) is 0. The van der Waals surface area contributed by atoms with Gasteiger partial charge in [-0.2, -0.15) is 5.10 Å². The molecular weight excluding hydrogens is 238 g/mol. The Morgan fingerprint density at radius 2 is 2.18 bits per heavy atom. The number of aliphatic hydroxyl groups is 1. The Hall–Kier alpha value is -0.580. The molecule has 0 spiro atoms. The van der Waals surface area contributed by atoms with Crippen molar-refractivity contribution in [3.63, 3.8) is 0 Å². The molecular formula is C12H22ClN3O. The van der Waals surface area contributed by atoms with Crippen LogP contribution in [0.1, 0.15) is 43.0 Å².